The van der Waals surface area contributed by atoms with E-state index in [2.05, 4.69) is 10.1 Å². The van der Waals surface area contributed by atoms with E-state index in [4.69, 9.17) is 5.11 Å². The highest BCUT2D eigenvalue weighted by Gasteiger charge is 2.31. The van der Waals surface area contributed by atoms with Crippen LogP contribution in [0.3, 0.4) is 0 Å². The Labute approximate surface area is 116 Å². The lowest BCUT2D eigenvalue weighted by Crippen LogP contribution is -2.18. The van der Waals surface area contributed by atoms with Gasteiger partial charge in [0.25, 0.3) is 0 Å². The quantitative estimate of drug-likeness (QED) is 0.686. The molecule has 3 nitrogen and oxygen atoms in total. The molecule has 0 aromatic heterocycles. The summed E-state index contributed by atoms with van der Waals surface area (Å²) in [6, 6.07) is 5.96. The summed E-state index contributed by atoms with van der Waals surface area (Å²) in [6.45, 7) is 1.53. The Morgan fingerprint density at radius 2 is 1.85 bits per heavy atom. The molecular formula is C14H20F3NO2. The lowest BCUT2D eigenvalue weighted by molar-refractivity contribution is -0.274. The average molecular weight is 291 g/mol. The molecule has 0 saturated carbocycles. The highest BCUT2D eigenvalue weighted by molar-refractivity contribution is 5.28. The van der Waals surface area contributed by atoms with Gasteiger partial charge in [0.15, 0.2) is 0 Å². The van der Waals surface area contributed by atoms with Crippen LogP contribution in [-0.2, 0) is 6.54 Å². The number of aliphatic hydroxyl groups excluding tert-OH is 1. The van der Waals surface area contributed by atoms with Gasteiger partial charge in [-0.15, -0.1) is 13.2 Å². The third-order valence-electron chi connectivity index (χ3n) is 2.72. The maximum absolute atomic E-state index is 12.1. The van der Waals surface area contributed by atoms with Gasteiger partial charge in [-0.05, 0) is 37.1 Å². The van der Waals surface area contributed by atoms with Crippen LogP contribution in [0.5, 0.6) is 5.75 Å². The lowest BCUT2D eigenvalue weighted by atomic mass is 10.2. The molecule has 20 heavy (non-hydrogen) atoms. The Kier molecular flexibility index (Phi) is 7.40. The van der Waals surface area contributed by atoms with Crippen molar-refractivity contribution in [3.05, 3.63) is 29.8 Å². The summed E-state index contributed by atoms with van der Waals surface area (Å²) in [7, 11) is 0. The molecule has 0 radical (unpaired) electrons. The number of ether oxygens (including phenoxy) is 1. The van der Waals surface area contributed by atoms with Crippen molar-refractivity contribution in [2.45, 2.75) is 38.6 Å². The molecule has 114 valence electrons. The number of nitrogens with one attached hydrogen (secondary N) is 1. The smallest absolute Gasteiger partial charge is 0.406 e. The lowest BCUT2D eigenvalue weighted by Gasteiger charge is -2.10. The molecule has 0 atom stereocenters. The summed E-state index contributed by atoms with van der Waals surface area (Å²) in [4.78, 5) is 0. The minimum Gasteiger partial charge on any atom is -0.406 e. The molecule has 0 bridgehead atoms. The average Bonchev–Trinajstić information content (AvgIpc) is 2.36. The second kappa shape index (κ2) is 8.81. The third kappa shape index (κ3) is 8.01. The summed E-state index contributed by atoms with van der Waals surface area (Å²) in [5, 5.41) is 11.8. The minimum absolute atomic E-state index is 0.195. The first kappa shape index (κ1) is 16.8. The molecule has 0 saturated heterocycles. The SMILES string of the molecule is OCCCCCCNCc1cccc(OC(F)(F)F)c1. The monoisotopic (exact) mass is 291 g/mol. The summed E-state index contributed by atoms with van der Waals surface area (Å²) >= 11 is 0. The molecule has 2 N–H and O–H groups in total. The molecular weight excluding hydrogens is 271 g/mol. The van der Waals surface area contributed by atoms with E-state index in [0.29, 0.717) is 6.54 Å². The van der Waals surface area contributed by atoms with E-state index in [-0.39, 0.29) is 12.4 Å². The summed E-state index contributed by atoms with van der Waals surface area (Å²) in [6.07, 6.45) is -0.827. The van der Waals surface area contributed by atoms with Crippen molar-refractivity contribution in [2.24, 2.45) is 0 Å². The van der Waals surface area contributed by atoms with Crippen molar-refractivity contribution < 1.29 is 23.0 Å². The third-order valence-corrected chi connectivity index (χ3v) is 2.72. The van der Waals surface area contributed by atoms with Gasteiger partial charge < -0.3 is 15.2 Å². The van der Waals surface area contributed by atoms with E-state index in [0.717, 1.165) is 37.8 Å². The van der Waals surface area contributed by atoms with E-state index in [1.807, 2.05) is 0 Å². The van der Waals surface area contributed by atoms with Crippen LogP contribution >= 0.6 is 0 Å². The van der Waals surface area contributed by atoms with Crippen molar-refractivity contribution in [1.29, 1.82) is 0 Å². The Hall–Kier alpha value is -1.27. The molecule has 0 amide bonds. The van der Waals surface area contributed by atoms with Gasteiger partial charge in [-0.2, -0.15) is 0 Å². The molecule has 0 unspecified atom stereocenters. The number of halogens is 3. The molecule has 0 fully saturated rings. The molecule has 6 heteroatoms. The van der Waals surface area contributed by atoms with Crippen LogP contribution in [0.25, 0.3) is 0 Å². The Morgan fingerprint density at radius 1 is 1.10 bits per heavy atom. The van der Waals surface area contributed by atoms with Crippen molar-refractivity contribution in [2.75, 3.05) is 13.2 Å². The zero-order valence-electron chi connectivity index (χ0n) is 11.2. The van der Waals surface area contributed by atoms with Crippen molar-refractivity contribution >= 4 is 0 Å². The van der Waals surface area contributed by atoms with Crippen LogP contribution in [-0.4, -0.2) is 24.6 Å². The summed E-state index contributed by atoms with van der Waals surface area (Å²) < 4.78 is 40.1. The first-order valence-electron chi connectivity index (χ1n) is 6.67. The second-order valence-electron chi connectivity index (χ2n) is 4.51. The molecule has 1 aromatic carbocycles. The van der Waals surface area contributed by atoms with E-state index in [1.54, 1.807) is 12.1 Å². The van der Waals surface area contributed by atoms with Crippen LogP contribution in [0, 0.1) is 0 Å². The molecule has 1 aromatic rings. The van der Waals surface area contributed by atoms with Gasteiger partial charge in [-0.1, -0.05) is 25.0 Å². The van der Waals surface area contributed by atoms with Gasteiger partial charge in [0.05, 0.1) is 0 Å². The Morgan fingerprint density at radius 3 is 2.55 bits per heavy atom. The first-order valence-corrected chi connectivity index (χ1v) is 6.67. The van der Waals surface area contributed by atoms with Crippen LogP contribution in [0.15, 0.2) is 24.3 Å². The van der Waals surface area contributed by atoms with Crippen molar-refractivity contribution in [3.8, 4) is 5.75 Å². The van der Waals surface area contributed by atoms with Gasteiger partial charge in [0.2, 0.25) is 0 Å². The highest BCUT2D eigenvalue weighted by Crippen LogP contribution is 2.23. The van der Waals surface area contributed by atoms with E-state index in [1.165, 1.54) is 12.1 Å². The fraction of sp³-hybridized carbons (Fsp3) is 0.571. The normalized spacial score (nSPS) is 11.6. The molecule has 1 rings (SSSR count). The Bertz CT molecular complexity index is 383. The van der Waals surface area contributed by atoms with E-state index < -0.39 is 6.36 Å². The Balaban J connectivity index is 2.25. The number of hydrogen-bond acceptors (Lipinski definition) is 3. The van der Waals surface area contributed by atoms with E-state index >= 15 is 0 Å². The number of aliphatic hydroxyl groups is 1. The zero-order chi connectivity index (χ0) is 14.8. The second-order valence-corrected chi connectivity index (χ2v) is 4.51. The fourth-order valence-electron chi connectivity index (χ4n) is 1.80. The molecule has 0 aliphatic rings. The predicted molar refractivity (Wildman–Crippen MR) is 70.4 cm³/mol. The van der Waals surface area contributed by atoms with Gasteiger partial charge in [-0.25, -0.2) is 0 Å². The minimum atomic E-state index is -4.65. The highest BCUT2D eigenvalue weighted by atomic mass is 19.4. The van der Waals surface area contributed by atoms with Crippen molar-refractivity contribution in [1.82, 2.24) is 5.32 Å². The maximum Gasteiger partial charge on any atom is 0.573 e. The number of rotatable bonds is 9. The molecule has 0 aliphatic heterocycles. The summed E-state index contributed by atoms with van der Waals surface area (Å²) in [5.74, 6) is -0.195. The van der Waals surface area contributed by atoms with Gasteiger partial charge in [0.1, 0.15) is 5.75 Å². The van der Waals surface area contributed by atoms with Crippen LogP contribution in [0.2, 0.25) is 0 Å². The first-order chi connectivity index (χ1) is 9.51. The largest absolute Gasteiger partial charge is 0.573 e. The van der Waals surface area contributed by atoms with Gasteiger partial charge in [-0.3, -0.25) is 0 Å². The van der Waals surface area contributed by atoms with Crippen molar-refractivity contribution in [3.63, 3.8) is 0 Å². The van der Waals surface area contributed by atoms with Crippen LogP contribution < -0.4 is 10.1 Å². The maximum atomic E-state index is 12.1. The standard InChI is InChI=1S/C14H20F3NO2/c15-14(16,17)20-13-7-5-6-12(10-13)11-18-8-3-1-2-4-9-19/h5-7,10,18-19H,1-4,8-9,11H2. The number of hydrogen-bond donors (Lipinski definition) is 2. The number of unbranched alkanes of at least 4 members (excludes halogenated alkanes) is 3. The molecule has 0 aliphatic carbocycles. The fourth-order valence-corrected chi connectivity index (χ4v) is 1.80. The summed E-state index contributed by atoms with van der Waals surface area (Å²) in [5.41, 5.74) is 0.752. The number of benzene rings is 1. The van der Waals surface area contributed by atoms with Gasteiger partial charge >= 0.3 is 6.36 Å². The van der Waals surface area contributed by atoms with E-state index in [9.17, 15) is 13.2 Å². The van der Waals surface area contributed by atoms with Crippen LogP contribution in [0.1, 0.15) is 31.2 Å². The predicted octanol–water partition coefficient (Wildman–Crippen LogP) is 3.23. The number of alkyl halides is 3. The topological polar surface area (TPSA) is 41.5 Å². The van der Waals surface area contributed by atoms with Crippen LogP contribution in [0.4, 0.5) is 13.2 Å². The molecule has 0 spiro atoms. The van der Waals surface area contributed by atoms with Gasteiger partial charge in [0, 0.05) is 13.2 Å². The zero-order valence-corrected chi connectivity index (χ0v) is 11.2. The molecule has 0 heterocycles.